The number of hydrogen-bond acceptors (Lipinski definition) is 7. The number of hydrogen-bond donors (Lipinski definition) is 1. The Morgan fingerprint density at radius 3 is 2.76 bits per heavy atom. The Balaban J connectivity index is 1.42. The third-order valence-electron chi connectivity index (χ3n) is 5.42. The van der Waals surface area contributed by atoms with Gasteiger partial charge in [-0.25, -0.2) is 15.0 Å². The second-order valence-electron chi connectivity index (χ2n) is 7.79. The number of nitrogens with one attached hydrogen (secondary N) is 1. The van der Waals surface area contributed by atoms with E-state index in [2.05, 4.69) is 56.4 Å². The molecule has 7 heteroatoms. The topological polar surface area (TPSA) is 87.4 Å². The van der Waals surface area contributed by atoms with Crippen LogP contribution in [0.25, 0.3) is 32.6 Å². The summed E-state index contributed by atoms with van der Waals surface area (Å²) in [5.41, 5.74) is 8.36. The fourth-order valence-electron chi connectivity index (χ4n) is 3.76. The second-order valence-corrected chi connectivity index (χ2v) is 8.67. The molecule has 3 heterocycles. The van der Waals surface area contributed by atoms with Crippen LogP contribution in [0.2, 0.25) is 0 Å². The lowest BCUT2D eigenvalue weighted by atomic mass is 10.0. The molecule has 0 saturated carbocycles. The molecule has 160 valence electrons. The number of rotatable bonds is 5. The lowest BCUT2D eigenvalue weighted by Gasteiger charge is -2.17. The summed E-state index contributed by atoms with van der Waals surface area (Å²) >= 11 is 1.62. The summed E-state index contributed by atoms with van der Waals surface area (Å²) in [6.07, 6.45) is 3.34. The average Bonchev–Trinajstić information content (AvgIpc) is 3.32. The van der Waals surface area contributed by atoms with Crippen molar-refractivity contribution in [1.29, 1.82) is 5.26 Å². The Hall–Kier alpha value is -4.15. The fourth-order valence-corrected chi connectivity index (χ4v) is 4.47. The lowest BCUT2D eigenvalue weighted by Crippen LogP contribution is -2.09. The normalized spacial score (nSPS) is 11.8. The van der Waals surface area contributed by atoms with Gasteiger partial charge in [0, 0.05) is 35.6 Å². The molecule has 0 aliphatic carbocycles. The van der Waals surface area contributed by atoms with Crippen LogP contribution in [0.5, 0.6) is 0 Å². The number of nitriles is 1. The third kappa shape index (κ3) is 4.43. The van der Waals surface area contributed by atoms with Gasteiger partial charge in [-0.2, -0.15) is 5.26 Å². The maximum Gasteiger partial charge on any atom is 0.130 e. The summed E-state index contributed by atoms with van der Waals surface area (Å²) in [5, 5.41) is 12.7. The zero-order chi connectivity index (χ0) is 22.8. The molecular weight excluding hydrogens is 428 g/mol. The summed E-state index contributed by atoms with van der Waals surface area (Å²) in [6.45, 7) is 4.00. The van der Waals surface area contributed by atoms with Crippen LogP contribution in [0.1, 0.15) is 29.9 Å². The minimum absolute atomic E-state index is 0.0168. The molecule has 0 radical (unpaired) electrons. The number of aromatic nitrogens is 4. The first-order chi connectivity index (χ1) is 16.1. The number of nitrogens with zero attached hydrogens (tertiary/aromatic N) is 5. The van der Waals surface area contributed by atoms with Gasteiger partial charge in [0.05, 0.1) is 27.0 Å². The summed E-state index contributed by atoms with van der Waals surface area (Å²) in [7, 11) is 0. The molecule has 0 amide bonds. The standard InChI is InChI=1S/C26H20N6S/c1-16(19-4-3-5-20(9-19)22-8-18(12-27)13-28-14-22)30-26-11-24(31-17(2)32-26)21-6-7-23-25(10-21)33-15-29-23/h3-11,13-16H,1-2H3,(H,30,31,32). The van der Waals surface area contributed by atoms with Crippen LogP contribution in [-0.2, 0) is 0 Å². The van der Waals surface area contributed by atoms with Gasteiger partial charge in [0.2, 0.25) is 0 Å². The van der Waals surface area contributed by atoms with E-state index in [1.807, 2.05) is 48.8 Å². The highest BCUT2D eigenvalue weighted by Gasteiger charge is 2.11. The van der Waals surface area contributed by atoms with Crippen LogP contribution in [-0.4, -0.2) is 19.9 Å². The number of anilines is 1. The van der Waals surface area contributed by atoms with Crippen LogP contribution in [0, 0.1) is 18.3 Å². The molecule has 0 fully saturated rings. The molecule has 5 aromatic rings. The zero-order valence-electron chi connectivity index (χ0n) is 18.1. The molecule has 1 unspecified atom stereocenters. The highest BCUT2D eigenvalue weighted by atomic mass is 32.1. The zero-order valence-corrected chi connectivity index (χ0v) is 19.0. The Bertz CT molecular complexity index is 1500. The van der Waals surface area contributed by atoms with E-state index in [0.717, 1.165) is 44.0 Å². The average molecular weight is 449 g/mol. The SMILES string of the molecule is Cc1nc(NC(C)c2cccc(-c3cncc(C#N)c3)c2)cc(-c2ccc3ncsc3c2)n1. The van der Waals surface area contributed by atoms with E-state index in [-0.39, 0.29) is 6.04 Å². The molecule has 3 aromatic heterocycles. The van der Waals surface area contributed by atoms with Crippen LogP contribution in [0.4, 0.5) is 5.82 Å². The highest BCUT2D eigenvalue weighted by molar-refractivity contribution is 7.16. The summed E-state index contributed by atoms with van der Waals surface area (Å²) in [4.78, 5) is 17.8. The summed E-state index contributed by atoms with van der Waals surface area (Å²) in [5.74, 6) is 1.48. The molecule has 6 nitrogen and oxygen atoms in total. The van der Waals surface area contributed by atoms with Crippen molar-refractivity contribution in [2.75, 3.05) is 5.32 Å². The molecule has 0 aliphatic rings. The monoisotopic (exact) mass is 448 g/mol. The maximum atomic E-state index is 9.17. The van der Waals surface area contributed by atoms with Crippen molar-refractivity contribution >= 4 is 27.4 Å². The first-order valence-corrected chi connectivity index (χ1v) is 11.4. The Morgan fingerprint density at radius 2 is 1.88 bits per heavy atom. The van der Waals surface area contributed by atoms with Gasteiger partial charge >= 0.3 is 0 Å². The Morgan fingerprint density at radius 1 is 0.970 bits per heavy atom. The van der Waals surface area contributed by atoms with Gasteiger partial charge in [-0.05, 0) is 49.2 Å². The van der Waals surface area contributed by atoms with Gasteiger partial charge < -0.3 is 5.32 Å². The third-order valence-corrected chi connectivity index (χ3v) is 6.21. The molecule has 2 aromatic carbocycles. The molecule has 0 saturated heterocycles. The molecule has 0 aliphatic heterocycles. The van der Waals surface area contributed by atoms with E-state index in [4.69, 9.17) is 5.26 Å². The van der Waals surface area contributed by atoms with Crippen LogP contribution in [0.3, 0.4) is 0 Å². The lowest BCUT2D eigenvalue weighted by molar-refractivity contribution is 0.868. The van der Waals surface area contributed by atoms with Crippen LogP contribution < -0.4 is 5.32 Å². The molecule has 0 bridgehead atoms. The van der Waals surface area contributed by atoms with E-state index in [9.17, 15) is 0 Å². The molecule has 0 spiro atoms. The largest absolute Gasteiger partial charge is 0.363 e. The van der Waals surface area contributed by atoms with Crippen molar-refractivity contribution in [2.45, 2.75) is 19.9 Å². The molecule has 1 atom stereocenters. The van der Waals surface area contributed by atoms with Crippen molar-refractivity contribution in [3.8, 4) is 28.5 Å². The predicted molar refractivity (Wildman–Crippen MR) is 132 cm³/mol. The minimum Gasteiger partial charge on any atom is -0.363 e. The minimum atomic E-state index is 0.0168. The van der Waals surface area contributed by atoms with Crippen molar-refractivity contribution in [3.05, 3.63) is 89.5 Å². The quantitative estimate of drug-likeness (QED) is 0.346. The Labute approximate surface area is 195 Å². The van der Waals surface area contributed by atoms with Gasteiger partial charge in [0.15, 0.2) is 0 Å². The summed E-state index contributed by atoms with van der Waals surface area (Å²) < 4.78 is 1.14. The van der Waals surface area contributed by atoms with Crippen molar-refractivity contribution in [1.82, 2.24) is 19.9 Å². The van der Waals surface area contributed by atoms with Gasteiger partial charge in [-0.3, -0.25) is 4.98 Å². The highest BCUT2D eigenvalue weighted by Crippen LogP contribution is 2.28. The first kappa shape index (κ1) is 20.7. The predicted octanol–water partition coefficient (Wildman–Crippen LogP) is 6.17. The van der Waals surface area contributed by atoms with Crippen LogP contribution >= 0.6 is 11.3 Å². The van der Waals surface area contributed by atoms with E-state index in [1.54, 1.807) is 23.7 Å². The smallest absolute Gasteiger partial charge is 0.130 e. The van der Waals surface area contributed by atoms with E-state index in [0.29, 0.717) is 11.4 Å². The number of thiazole rings is 1. The number of pyridine rings is 1. The molecule has 1 N–H and O–H groups in total. The van der Waals surface area contributed by atoms with Gasteiger partial charge in [-0.15, -0.1) is 11.3 Å². The van der Waals surface area contributed by atoms with Gasteiger partial charge in [-0.1, -0.05) is 24.3 Å². The fraction of sp³-hybridized carbons (Fsp3) is 0.115. The number of fused-ring (bicyclic) bond motifs is 1. The number of benzene rings is 2. The van der Waals surface area contributed by atoms with Crippen molar-refractivity contribution in [3.63, 3.8) is 0 Å². The van der Waals surface area contributed by atoms with E-state index < -0.39 is 0 Å². The number of aryl methyl sites for hydroxylation is 1. The molecule has 33 heavy (non-hydrogen) atoms. The molecular formula is C26H20N6S. The van der Waals surface area contributed by atoms with E-state index in [1.165, 1.54) is 0 Å². The van der Waals surface area contributed by atoms with Gasteiger partial charge in [0.25, 0.3) is 0 Å². The van der Waals surface area contributed by atoms with Crippen LogP contribution in [0.15, 0.2) is 72.5 Å². The molecule has 5 rings (SSSR count). The first-order valence-electron chi connectivity index (χ1n) is 10.5. The van der Waals surface area contributed by atoms with Gasteiger partial charge in [0.1, 0.15) is 17.7 Å². The van der Waals surface area contributed by atoms with Crippen molar-refractivity contribution < 1.29 is 0 Å². The summed E-state index contributed by atoms with van der Waals surface area (Å²) in [6, 6.07) is 20.4. The van der Waals surface area contributed by atoms with Crippen molar-refractivity contribution in [2.24, 2.45) is 0 Å². The van der Waals surface area contributed by atoms with E-state index >= 15 is 0 Å². The Kier molecular flexibility index (Phi) is 5.51. The second kappa shape index (κ2) is 8.77. The maximum absolute atomic E-state index is 9.17.